The van der Waals surface area contributed by atoms with E-state index in [2.05, 4.69) is 37.0 Å². The number of carbonyl (C=O) groups excluding carboxylic acids is 1. The molecule has 0 radical (unpaired) electrons. The second-order valence-corrected chi connectivity index (χ2v) is 6.03. The maximum absolute atomic E-state index is 11.8. The molecule has 1 saturated heterocycles. The van der Waals surface area contributed by atoms with Crippen LogP contribution in [0, 0.1) is 5.92 Å². The molecule has 8 heteroatoms. The van der Waals surface area contributed by atoms with E-state index >= 15 is 0 Å². The van der Waals surface area contributed by atoms with E-state index in [-0.39, 0.29) is 12.5 Å². The average molecular weight is 336 g/mol. The van der Waals surface area contributed by atoms with Crippen LogP contribution in [-0.4, -0.2) is 73.3 Å². The van der Waals surface area contributed by atoms with Gasteiger partial charge < -0.3 is 24.8 Å². The van der Waals surface area contributed by atoms with Crippen molar-refractivity contribution in [1.29, 1.82) is 0 Å². The van der Waals surface area contributed by atoms with E-state index in [4.69, 9.17) is 4.74 Å². The maximum atomic E-state index is 11.8. The van der Waals surface area contributed by atoms with Gasteiger partial charge in [0.1, 0.15) is 0 Å². The minimum atomic E-state index is -0.0651. The number of aliphatic imine (C=N–C) groups is 1. The number of hydrogen-bond donors (Lipinski definition) is 2. The van der Waals surface area contributed by atoms with Crippen LogP contribution in [0.25, 0.3) is 0 Å². The molecule has 1 aromatic rings. The molecule has 2 atom stereocenters. The highest BCUT2D eigenvalue weighted by atomic mass is 16.5. The Morgan fingerprint density at radius 1 is 1.46 bits per heavy atom. The van der Waals surface area contributed by atoms with Gasteiger partial charge in [0.05, 0.1) is 25.5 Å². The summed E-state index contributed by atoms with van der Waals surface area (Å²) in [6, 6.07) is 0.357. The van der Waals surface area contributed by atoms with Gasteiger partial charge in [-0.05, 0) is 12.3 Å². The van der Waals surface area contributed by atoms with Gasteiger partial charge in [0.15, 0.2) is 5.96 Å². The Morgan fingerprint density at radius 3 is 2.96 bits per heavy atom. The molecule has 0 bridgehead atoms. The Balaban J connectivity index is 1.87. The second-order valence-electron chi connectivity index (χ2n) is 6.03. The molecule has 1 aliphatic heterocycles. The molecule has 1 amide bonds. The van der Waals surface area contributed by atoms with Gasteiger partial charge in [0.25, 0.3) is 0 Å². The summed E-state index contributed by atoms with van der Waals surface area (Å²) in [6.07, 6.45) is 6.75. The van der Waals surface area contributed by atoms with Crippen LogP contribution in [0.4, 0.5) is 0 Å². The number of amides is 1. The Hall–Kier alpha value is -2.09. The number of nitrogens with zero attached hydrogens (tertiary/aromatic N) is 4. The molecule has 0 spiro atoms. The number of aromatic nitrogens is 2. The van der Waals surface area contributed by atoms with Gasteiger partial charge in [-0.25, -0.2) is 4.98 Å². The number of carbonyl (C=O) groups is 1. The first-order valence-corrected chi connectivity index (χ1v) is 8.34. The molecule has 0 aromatic carbocycles. The number of likely N-dealkylation sites (tertiary alicyclic amines) is 1. The molecule has 1 aromatic heterocycles. The molecule has 2 N–H and O–H groups in total. The van der Waals surface area contributed by atoms with Gasteiger partial charge in [-0.15, -0.1) is 0 Å². The van der Waals surface area contributed by atoms with Crippen molar-refractivity contribution in [3.63, 3.8) is 0 Å². The molecule has 1 aliphatic rings. The zero-order valence-corrected chi connectivity index (χ0v) is 14.7. The summed E-state index contributed by atoms with van der Waals surface area (Å²) < 4.78 is 7.07. The van der Waals surface area contributed by atoms with Crippen molar-refractivity contribution < 1.29 is 9.53 Å². The predicted octanol–water partition coefficient (Wildman–Crippen LogP) is 0.104. The summed E-state index contributed by atoms with van der Waals surface area (Å²) in [4.78, 5) is 22.5. The van der Waals surface area contributed by atoms with Crippen LogP contribution < -0.4 is 10.6 Å². The number of methoxy groups -OCH3 is 1. The third-order valence-corrected chi connectivity index (χ3v) is 4.37. The topological polar surface area (TPSA) is 83.8 Å². The SMILES string of the molecule is CN=C(NCC(=O)NCCOC)N1CCC(C)C(n2ccnc2)C1. The lowest BCUT2D eigenvalue weighted by Crippen LogP contribution is -2.50. The van der Waals surface area contributed by atoms with Crippen LogP contribution in [0.2, 0.25) is 0 Å². The molecule has 24 heavy (non-hydrogen) atoms. The van der Waals surface area contributed by atoms with Crippen molar-refractivity contribution in [2.45, 2.75) is 19.4 Å². The van der Waals surface area contributed by atoms with Gasteiger partial charge in [0.2, 0.25) is 5.91 Å². The Bertz CT molecular complexity index is 531. The number of imidazole rings is 1. The van der Waals surface area contributed by atoms with Crippen molar-refractivity contribution in [2.75, 3.05) is 46.9 Å². The summed E-state index contributed by atoms with van der Waals surface area (Å²) in [5.41, 5.74) is 0. The summed E-state index contributed by atoms with van der Waals surface area (Å²) in [6.45, 7) is 5.27. The van der Waals surface area contributed by atoms with E-state index < -0.39 is 0 Å². The van der Waals surface area contributed by atoms with Crippen LogP contribution in [0.3, 0.4) is 0 Å². The van der Waals surface area contributed by atoms with E-state index in [1.165, 1.54) is 0 Å². The summed E-state index contributed by atoms with van der Waals surface area (Å²) >= 11 is 0. The van der Waals surface area contributed by atoms with Gasteiger partial charge in [-0.2, -0.15) is 0 Å². The van der Waals surface area contributed by atoms with Gasteiger partial charge in [-0.1, -0.05) is 6.92 Å². The monoisotopic (exact) mass is 336 g/mol. The lowest BCUT2D eigenvalue weighted by molar-refractivity contribution is -0.120. The van der Waals surface area contributed by atoms with E-state index in [1.807, 2.05) is 18.7 Å². The number of rotatable bonds is 6. The van der Waals surface area contributed by atoms with Crippen molar-refractivity contribution in [1.82, 2.24) is 25.1 Å². The van der Waals surface area contributed by atoms with E-state index in [1.54, 1.807) is 14.2 Å². The first-order valence-electron chi connectivity index (χ1n) is 8.34. The first-order chi connectivity index (χ1) is 11.7. The van der Waals surface area contributed by atoms with Gasteiger partial charge in [-0.3, -0.25) is 9.79 Å². The molecule has 0 saturated carbocycles. The van der Waals surface area contributed by atoms with Crippen molar-refractivity contribution >= 4 is 11.9 Å². The number of piperidine rings is 1. The smallest absolute Gasteiger partial charge is 0.239 e. The molecule has 134 valence electrons. The van der Waals surface area contributed by atoms with E-state index in [0.29, 0.717) is 25.1 Å². The minimum Gasteiger partial charge on any atom is -0.383 e. The lowest BCUT2D eigenvalue weighted by Gasteiger charge is -2.39. The Morgan fingerprint density at radius 2 is 2.29 bits per heavy atom. The zero-order chi connectivity index (χ0) is 17.4. The van der Waals surface area contributed by atoms with Crippen molar-refractivity contribution in [3.8, 4) is 0 Å². The largest absolute Gasteiger partial charge is 0.383 e. The summed E-state index contributed by atoms with van der Waals surface area (Å²) in [7, 11) is 3.36. The molecule has 0 aliphatic carbocycles. The fourth-order valence-electron chi connectivity index (χ4n) is 2.94. The van der Waals surface area contributed by atoms with Crippen LogP contribution in [0.15, 0.2) is 23.7 Å². The van der Waals surface area contributed by atoms with Crippen molar-refractivity contribution in [3.05, 3.63) is 18.7 Å². The van der Waals surface area contributed by atoms with E-state index in [9.17, 15) is 4.79 Å². The van der Waals surface area contributed by atoms with E-state index in [0.717, 1.165) is 25.5 Å². The van der Waals surface area contributed by atoms with Crippen molar-refractivity contribution in [2.24, 2.45) is 10.9 Å². The average Bonchev–Trinajstić information content (AvgIpc) is 3.11. The minimum absolute atomic E-state index is 0.0651. The number of hydrogen-bond acceptors (Lipinski definition) is 4. The maximum Gasteiger partial charge on any atom is 0.239 e. The molecule has 8 nitrogen and oxygen atoms in total. The molecule has 1 fully saturated rings. The van der Waals surface area contributed by atoms with Crippen LogP contribution >= 0.6 is 0 Å². The highest BCUT2D eigenvalue weighted by Crippen LogP contribution is 2.27. The van der Waals surface area contributed by atoms with Crippen LogP contribution in [-0.2, 0) is 9.53 Å². The summed E-state index contributed by atoms with van der Waals surface area (Å²) in [5, 5.41) is 5.94. The molecular weight excluding hydrogens is 308 g/mol. The normalized spacial score (nSPS) is 21.6. The fourth-order valence-corrected chi connectivity index (χ4v) is 2.94. The lowest BCUT2D eigenvalue weighted by atomic mass is 9.93. The standard InChI is InChI=1S/C16H28N6O2/c1-13-4-7-21(11-14(13)22-8-5-18-12-22)16(17-2)20-10-15(23)19-6-9-24-3/h5,8,12-14H,4,6-7,9-11H2,1-3H3,(H,17,20)(H,19,23). The third kappa shape index (κ3) is 4.95. The molecule has 2 rings (SSSR count). The number of ether oxygens (including phenoxy) is 1. The zero-order valence-electron chi connectivity index (χ0n) is 14.7. The molecular formula is C16H28N6O2. The quantitative estimate of drug-likeness (QED) is 0.437. The van der Waals surface area contributed by atoms with Gasteiger partial charge in [0, 0.05) is 46.2 Å². The first kappa shape index (κ1) is 18.3. The summed E-state index contributed by atoms with van der Waals surface area (Å²) in [5.74, 6) is 1.27. The molecule has 2 unspecified atom stereocenters. The fraction of sp³-hybridized carbons (Fsp3) is 0.688. The predicted molar refractivity (Wildman–Crippen MR) is 92.9 cm³/mol. The highest BCUT2D eigenvalue weighted by Gasteiger charge is 2.28. The van der Waals surface area contributed by atoms with Crippen LogP contribution in [0.5, 0.6) is 0 Å². The number of guanidine groups is 1. The Kier molecular flexibility index (Phi) is 7.05. The second kappa shape index (κ2) is 9.27. The highest BCUT2D eigenvalue weighted by molar-refractivity contribution is 5.86. The Labute approximate surface area is 143 Å². The number of nitrogens with one attached hydrogen (secondary N) is 2. The third-order valence-electron chi connectivity index (χ3n) is 4.37. The molecule has 2 heterocycles. The van der Waals surface area contributed by atoms with Gasteiger partial charge >= 0.3 is 0 Å². The van der Waals surface area contributed by atoms with Crippen LogP contribution in [0.1, 0.15) is 19.4 Å².